The number of phosphoric acid groups is 4. The zero-order chi connectivity index (χ0) is 22.1. The molecule has 0 aromatic rings. The lowest BCUT2D eigenvalue weighted by Gasteiger charge is -2.44. The molecule has 1 heterocycles. The van der Waals surface area contributed by atoms with Crippen molar-refractivity contribution in [3.05, 3.63) is 0 Å². The maximum atomic E-state index is 11.2. The Balaban J connectivity index is 3.48. The van der Waals surface area contributed by atoms with Gasteiger partial charge in [0, 0.05) is 0 Å². The van der Waals surface area contributed by atoms with Crippen LogP contribution in [0.4, 0.5) is 0 Å². The molecule has 9 N–H and O–H groups in total. The first-order valence-electron chi connectivity index (χ1n) is 6.53. The van der Waals surface area contributed by atoms with Gasteiger partial charge in [0.05, 0.1) is 6.61 Å². The number of aliphatic hydroxyl groups is 1. The molecule has 0 aromatic carbocycles. The first-order chi connectivity index (χ1) is 12.3. The first-order valence-corrected chi connectivity index (χ1v) is 12.7. The number of ether oxygens (including phenoxy) is 1. The minimum atomic E-state index is -5.61. The lowest BCUT2D eigenvalue weighted by molar-refractivity contribution is -0.271. The van der Waals surface area contributed by atoms with Crippen molar-refractivity contribution in [1.29, 1.82) is 0 Å². The molecule has 0 aromatic heterocycles. The van der Waals surface area contributed by atoms with Crippen molar-refractivity contribution < 1.29 is 85.3 Å². The van der Waals surface area contributed by atoms with Gasteiger partial charge >= 0.3 is 31.3 Å². The van der Waals surface area contributed by atoms with E-state index in [2.05, 4.69) is 18.1 Å². The SMILES string of the molecule is O=P(O)(O)O[C@H]1O[C@H](CO)[C@H](OP(=O)(O)O)[C@H](OP(=O)(O)O)[C@H]1OP(=O)(O)O. The predicted molar refractivity (Wildman–Crippen MR) is 79.6 cm³/mol. The Morgan fingerprint density at radius 3 is 1.32 bits per heavy atom. The Morgan fingerprint density at radius 1 is 0.607 bits per heavy atom. The molecule has 0 unspecified atom stereocenters. The minimum Gasteiger partial charge on any atom is -0.394 e. The minimum absolute atomic E-state index is 1.24. The van der Waals surface area contributed by atoms with Crippen molar-refractivity contribution >= 4 is 31.3 Å². The molecule has 28 heavy (non-hydrogen) atoms. The molecule has 1 rings (SSSR count). The highest BCUT2D eigenvalue weighted by Crippen LogP contribution is 2.52. The largest absolute Gasteiger partial charge is 0.472 e. The fraction of sp³-hybridized carbons (Fsp3) is 1.00. The van der Waals surface area contributed by atoms with Crippen molar-refractivity contribution in [2.24, 2.45) is 0 Å². The summed E-state index contributed by atoms with van der Waals surface area (Å²) in [6, 6.07) is 0. The highest BCUT2D eigenvalue weighted by molar-refractivity contribution is 7.47. The van der Waals surface area contributed by atoms with Gasteiger partial charge in [-0.1, -0.05) is 0 Å². The van der Waals surface area contributed by atoms with E-state index in [1.807, 2.05) is 0 Å². The number of phosphoric ester groups is 4. The van der Waals surface area contributed by atoms with Crippen molar-refractivity contribution in [1.82, 2.24) is 0 Å². The first kappa shape index (κ1) is 26.4. The lowest BCUT2D eigenvalue weighted by Crippen LogP contribution is -2.60. The average molecular weight is 500 g/mol. The summed E-state index contributed by atoms with van der Waals surface area (Å²) in [5.74, 6) is 0. The normalized spacial score (nSPS) is 30.4. The van der Waals surface area contributed by atoms with Crippen LogP contribution in [0.3, 0.4) is 0 Å². The number of hydrogen-bond acceptors (Lipinski definition) is 10. The fourth-order valence-corrected chi connectivity index (χ4v) is 4.19. The smallest absolute Gasteiger partial charge is 0.394 e. The molecule has 0 spiro atoms. The summed E-state index contributed by atoms with van der Waals surface area (Å²) in [5, 5.41) is 9.26. The quantitative estimate of drug-likeness (QED) is 0.145. The Morgan fingerprint density at radius 2 is 0.964 bits per heavy atom. The van der Waals surface area contributed by atoms with Gasteiger partial charge in [0.1, 0.15) is 18.3 Å². The van der Waals surface area contributed by atoms with Crippen LogP contribution in [0.5, 0.6) is 0 Å². The van der Waals surface area contributed by atoms with E-state index < -0.39 is 68.6 Å². The van der Waals surface area contributed by atoms with Crippen LogP contribution in [0.2, 0.25) is 0 Å². The second-order valence-electron chi connectivity index (χ2n) is 5.00. The highest BCUT2D eigenvalue weighted by atomic mass is 31.2. The predicted octanol–water partition coefficient (Wildman–Crippen LogP) is -2.75. The van der Waals surface area contributed by atoms with Crippen LogP contribution in [0.15, 0.2) is 0 Å². The Hall–Kier alpha value is 0.360. The standard InChI is InChI=1S/C6H16O18P4/c7-1-2-3(21-25(8,9)10)4(22-26(11,12)13)5(23-27(14,15)16)6(20-2)24-28(17,18)19/h2-7H,1H2,(H2,8,9,10)(H2,11,12,13)(H2,14,15,16)(H2,17,18,19)/t2-,3+,4+,5-,6-/m1/s1. The van der Waals surface area contributed by atoms with Crippen molar-refractivity contribution in [2.45, 2.75) is 30.7 Å². The Bertz CT molecular complexity index is 712. The summed E-state index contributed by atoms with van der Waals surface area (Å²) >= 11 is 0. The third-order valence-electron chi connectivity index (χ3n) is 2.79. The molecule has 22 heteroatoms. The van der Waals surface area contributed by atoms with Gasteiger partial charge in [0.25, 0.3) is 0 Å². The van der Waals surface area contributed by atoms with E-state index in [1.54, 1.807) is 0 Å². The molecular weight excluding hydrogens is 484 g/mol. The summed E-state index contributed by atoms with van der Waals surface area (Å²) < 4.78 is 65.8. The Labute approximate surface area is 154 Å². The monoisotopic (exact) mass is 500 g/mol. The summed E-state index contributed by atoms with van der Waals surface area (Å²) in [5.41, 5.74) is 0. The third-order valence-corrected chi connectivity index (χ3v) is 4.83. The summed E-state index contributed by atoms with van der Waals surface area (Å²) in [7, 11) is -22.2. The fourth-order valence-electron chi connectivity index (χ4n) is 2.08. The summed E-state index contributed by atoms with van der Waals surface area (Å²) in [6.07, 6.45) is -12.1. The van der Waals surface area contributed by atoms with E-state index in [4.69, 9.17) is 43.9 Å². The van der Waals surface area contributed by atoms with Crippen molar-refractivity contribution in [2.75, 3.05) is 6.61 Å². The van der Waals surface area contributed by atoms with Crippen LogP contribution in [-0.4, -0.2) is 81.6 Å². The molecule has 168 valence electrons. The molecule has 0 radical (unpaired) electrons. The molecule has 1 aliphatic heterocycles. The van der Waals surface area contributed by atoms with E-state index in [0.29, 0.717) is 0 Å². The van der Waals surface area contributed by atoms with Gasteiger partial charge in [0.15, 0.2) is 12.4 Å². The Kier molecular flexibility index (Phi) is 8.71. The number of hydrogen-bond donors (Lipinski definition) is 9. The molecule has 18 nitrogen and oxygen atoms in total. The van der Waals surface area contributed by atoms with Gasteiger partial charge in [-0.3, -0.25) is 18.1 Å². The van der Waals surface area contributed by atoms with Crippen LogP contribution in [-0.2, 0) is 41.1 Å². The number of rotatable bonds is 9. The topological polar surface area (TPSA) is 296 Å². The van der Waals surface area contributed by atoms with Crippen LogP contribution >= 0.6 is 31.3 Å². The maximum Gasteiger partial charge on any atom is 0.472 e. The lowest BCUT2D eigenvalue weighted by atomic mass is 9.99. The summed E-state index contributed by atoms with van der Waals surface area (Å²) in [4.78, 5) is 71.4. The second kappa shape index (κ2) is 9.24. The molecule has 0 aliphatic carbocycles. The molecule has 0 saturated carbocycles. The molecule has 1 fully saturated rings. The van der Waals surface area contributed by atoms with Crippen molar-refractivity contribution in [3.8, 4) is 0 Å². The van der Waals surface area contributed by atoms with E-state index in [0.717, 1.165) is 0 Å². The molecule has 5 atom stereocenters. The molecule has 1 aliphatic rings. The average Bonchev–Trinajstić information content (AvgIpc) is 2.39. The van der Waals surface area contributed by atoms with Crippen LogP contribution in [0, 0.1) is 0 Å². The van der Waals surface area contributed by atoms with E-state index in [1.165, 1.54) is 0 Å². The summed E-state index contributed by atoms with van der Waals surface area (Å²) in [6.45, 7) is -1.24. The van der Waals surface area contributed by atoms with Crippen molar-refractivity contribution in [3.63, 3.8) is 0 Å². The van der Waals surface area contributed by atoms with Gasteiger partial charge in [-0.2, -0.15) is 0 Å². The highest BCUT2D eigenvalue weighted by Gasteiger charge is 2.55. The maximum absolute atomic E-state index is 11.2. The number of aliphatic hydroxyl groups excluding tert-OH is 1. The van der Waals surface area contributed by atoms with Crippen LogP contribution in [0.25, 0.3) is 0 Å². The van der Waals surface area contributed by atoms with E-state index in [-0.39, 0.29) is 0 Å². The van der Waals surface area contributed by atoms with Crippen LogP contribution < -0.4 is 0 Å². The molecule has 0 amide bonds. The van der Waals surface area contributed by atoms with Gasteiger partial charge < -0.3 is 49.0 Å². The zero-order valence-corrected chi connectivity index (χ0v) is 16.7. The molecule has 0 bridgehead atoms. The van der Waals surface area contributed by atoms with E-state index >= 15 is 0 Å². The second-order valence-corrected chi connectivity index (χ2v) is 9.77. The van der Waals surface area contributed by atoms with Gasteiger partial charge in [-0.05, 0) is 0 Å². The van der Waals surface area contributed by atoms with Gasteiger partial charge in [-0.15, -0.1) is 0 Å². The van der Waals surface area contributed by atoms with Gasteiger partial charge in [0.2, 0.25) is 0 Å². The molecule has 1 saturated heterocycles. The third kappa shape index (κ3) is 9.45. The van der Waals surface area contributed by atoms with Gasteiger partial charge in [-0.25, -0.2) is 18.3 Å². The van der Waals surface area contributed by atoms with Crippen LogP contribution in [0.1, 0.15) is 0 Å². The zero-order valence-electron chi connectivity index (χ0n) is 13.1. The van der Waals surface area contributed by atoms with E-state index in [9.17, 15) is 23.4 Å². The molecular formula is C6H16O18P4.